The van der Waals surface area contributed by atoms with E-state index in [0.29, 0.717) is 5.02 Å². The van der Waals surface area contributed by atoms with Crippen LogP contribution in [0.3, 0.4) is 0 Å². The van der Waals surface area contributed by atoms with E-state index in [0.717, 1.165) is 35.6 Å². The Hall–Kier alpha value is -1.59. The van der Waals surface area contributed by atoms with Crippen LogP contribution in [-0.2, 0) is 20.0 Å². The van der Waals surface area contributed by atoms with Gasteiger partial charge in [-0.25, -0.2) is 4.98 Å². The number of benzene rings is 1. The smallest absolute Gasteiger partial charge is 0.134 e. The maximum atomic E-state index is 6.26. The molecule has 1 unspecified atom stereocenters. The molecule has 5 nitrogen and oxygen atoms in total. The second-order valence-electron chi connectivity index (χ2n) is 4.95. The third-order valence-corrected chi connectivity index (χ3v) is 3.98. The fourth-order valence-corrected chi connectivity index (χ4v) is 2.79. The van der Waals surface area contributed by atoms with E-state index in [1.165, 1.54) is 0 Å². The van der Waals surface area contributed by atoms with Crippen LogP contribution in [0.25, 0.3) is 11.0 Å². The first kappa shape index (κ1) is 14.4. The van der Waals surface area contributed by atoms with Crippen molar-refractivity contribution in [3.05, 3.63) is 41.2 Å². The number of nitrogens with zero attached hydrogens (tertiary/aromatic N) is 5. The third kappa shape index (κ3) is 2.63. The van der Waals surface area contributed by atoms with Crippen LogP contribution in [0.4, 0.5) is 0 Å². The van der Waals surface area contributed by atoms with Crippen molar-refractivity contribution >= 4 is 34.2 Å². The summed E-state index contributed by atoms with van der Waals surface area (Å²) in [6.07, 6.45) is 2.45. The minimum absolute atomic E-state index is 0.187. The summed E-state index contributed by atoms with van der Waals surface area (Å²) in [5.74, 6) is 1.74. The van der Waals surface area contributed by atoms with Crippen LogP contribution in [0.15, 0.2) is 24.5 Å². The number of aryl methyl sites for hydroxylation is 3. The molecule has 7 heteroatoms. The van der Waals surface area contributed by atoms with Crippen LogP contribution < -0.4 is 0 Å². The van der Waals surface area contributed by atoms with E-state index in [1.807, 2.05) is 36.7 Å². The summed E-state index contributed by atoms with van der Waals surface area (Å²) in [5.41, 5.74) is 1.78. The Balaban J connectivity index is 2.01. The molecule has 2 aromatic heterocycles. The van der Waals surface area contributed by atoms with E-state index in [4.69, 9.17) is 23.2 Å². The van der Waals surface area contributed by atoms with Crippen molar-refractivity contribution in [2.75, 3.05) is 0 Å². The summed E-state index contributed by atoms with van der Waals surface area (Å²) in [6, 6.07) is 5.77. The zero-order valence-corrected chi connectivity index (χ0v) is 13.3. The Morgan fingerprint density at radius 2 is 2.14 bits per heavy atom. The largest absolute Gasteiger partial charge is 0.326 e. The average molecular weight is 324 g/mol. The number of halogens is 2. The molecule has 1 atom stereocenters. The second-order valence-corrected chi connectivity index (χ2v) is 6.02. The topological polar surface area (TPSA) is 48.5 Å². The molecule has 21 heavy (non-hydrogen) atoms. The van der Waals surface area contributed by atoms with Crippen LogP contribution in [-0.4, -0.2) is 24.3 Å². The van der Waals surface area contributed by atoms with E-state index in [1.54, 1.807) is 6.33 Å². The van der Waals surface area contributed by atoms with Gasteiger partial charge in [-0.15, -0.1) is 21.8 Å². The van der Waals surface area contributed by atoms with Crippen LogP contribution in [0.2, 0.25) is 5.02 Å². The fraction of sp³-hybridized carbons (Fsp3) is 0.357. The van der Waals surface area contributed by atoms with Crippen molar-refractivity contribution < 1.29 is 0 Å². The number of alkyl halides is 1. The molecule has 0 bridgehead atoms. The number of hydrogen-bond acceptors (Lipinski definition) is 3. The monoisotopic (exact) mass is 323 g/mol. The van der Waals surface area contributed by atoms with Crippen molar-refractivity contribution in [2.24, 2.45) is 7.05 Å². The number of hydrogen-bond donors (Lipinski definition) is 0. The first-order valence-electron chi connectivity index (χ1n) is 6.69. The first-order chi connectivity index (χ1) is 10.1. The lowest BCUT2D eigenvalue weighted by atomic mass is 10.3. The van der Waals surface area contributed by atoms with Gasteiger partial charge < -0.3 is 9.13 Å². The van der Waals surface area contributed by atoms with E-state index >= 15 is 0 Å². The van der Waals surface area contributed by atoms with Crippen LogP contribution >= 0.6 is 23.2 Å². The average Bonchev–Trinajstić information content (AvgIpc) is 3.01. The van der Waals surface area contributed by atoms with Crippen molar-refractivity contribution in [1.82, 2.24) is 24.3 Å². The van der Waals surface area contributed by atoms with Crippen molar-refractivity contribution in [3.63, 3.8) is 0 Å². The minimum Gasteiger partial charge on any atom is -0.326 e. The zero-order chi connectivity index (χ0) is 15.0. The molecule has 0 N–H and O–H groups in total. The summed E-state index contributed by atoms with van der Waals surface area (Å²) in [7, 11) is 1.93. The van der Waals surface area contributed by atoms with Gasteiger partial charge in [-0.05, 0) is 19.1 Å². The van der Waals surface area contributed by atoms with Gasteiger partial charge in [0.15, 0.2) is 0 Å². The molecule has 3 aromatic rings. The Morgan fingerprint density at radius 1 is 1.33 bits per heavy atom. The molecule has 0 radical (unpaired) electrons. The molecule has 1 aromatic carbocycles. The molecule has 0 aliphatic heterocycles. The summed E-state index contributed by atoms with van der Waals surface area (Å²) >= 11 is 12.5. The predicted octanol–water partition coefficient (Wildman–Crippen LogP) is 3.36. The molecule has 0 spiro atoms. The van der Waals surface area contributed by atoms with Gasteiger partial charge >= 0.3 is 0 Å². The van der Waals surface area contributed by atoms with Crippen LogP contribution in [0, 0.1) is 0 Å². The van der Waals surface area contributed by atoms with Gasteiger partial charge in [-0.2, -0.15) is 0 Å². The number of fused-ring (bicyclic) bond motifs is 1. The Labute approximate surface area is 132 Å². The van der Waals surface area contributed by atoms with Crippen molar-refractivity contribution in [3.8, 4) is 0 Å². The highest BCUT2D eigenvalue weighted by Crippen LogP contribution is 2.28. The molecular formula is C14H15Cl2N5. The molecule has 110 valence electrons. The minimum atomic E-state index is -0.187. The molecule has 0 amide bonds. The molecule has 3 rings (SSSR count). The van der Waals surface area contributed by atoms with E-state index < -0.39 is 0 Å². The Bertz CT molecular complexity index is 775. The summed E-state index contributed by atoms with van der Waals surface area (Å²) in [4.78, 5) is 4.59. The summed E-state index contributed by atoms with van der Waals surface area (Å²) < 4.78 is 4.02. The second kappa shape index (κ2) is 5.66. The maximum absolute atomic E-state index is 6.26. The molecule has 0 aliphatic carbocycles. The van der Waals surface area contributed by atoms with Crippen molar-refractivity contribution in [1.29, 1.82) is 0 Å². The van der Waals surface area contributed by atoms with Gasteiger partial charge in [-0.1, -0.05) is 17.7 Å². The van der Waals surface area contributed by atoms with Gasteiger partial charge in [0.05, 0.1) is 15.9 Å². The highest BCUT2D eigenvalue weighted by atomic mass is 35.5. The molecule has 0 fully saturated rings. The zero-order valence-electron chi connectivity index (χ0n) is 11.8. The lowest BCUT2D eigenvalue weighted by molar-refractivity contribution is 0.632. The lowest BCUT2D eigenvalue weighted by Crippen LogP contribution is -2.09. The van der Waals surface area contributed by atoms with Gasteiger partial charge in [-0.3, -0.25) is 0 Å². The number of aromatic nitrogens is 5. The molecule has 0 aliphatic rings. The number of rotatable bonds is 4. The highest BCUT2D eigenvalue weighted by Gasteiger charge is 2.17. The molecule has 2 heterocycles. The number of para-hydroxylation sites is 1. The van der Waals surface area contributed by atoms with Gasteiger partial charge in [0.25, 0.3) is 0 Å². The van der Waals surface area contributed by atoms with E-state index in [-0.39, 0.29) is 5.38 Å². The predicted molar refractivity (Wildman–Crippen MR) is 83.7 cm³/mol. The van der Waals surface area contributed by atoms with E-state index in [9.17, 15) is 0 Å². The normalized spacial score (nSPS) is 13.0. The van der Waals surface area contributed by atoms with Gasteiger partial charge in [0.2, 0.25) is 0 Å². The molecular weight excluding hydrogens is 309 g/mol. The number of imidazole rings is 1. The molecule has 0 saturated heterocycles. The first-order valence-corrected chi connectivity index (χ1v) is 7.51. The summed E-state index contributed by atoms with van der Waals surface area (Å²) in [5, 5.41) is 8.46. The third-order valence-electron chi connectivity index (χ3n) is 3.48. The highest BCUT2D eigenvalue weighted by molar-refractivity contribution is 6.35. The molecule has 0 saturated carbocycles. The van der Waals surface area contributed by atoms with Crippen molar-refractivity contribution in [2.45, 2.75) is 25.3 Å². The van der Waals surface area contributed by atoms with Crippen LogP contribution in [0.1, 0.15) is 23.9 Å². The maximum Gasteiger partial charge on any atom is 0.134 e. The van der Waals surface area contributed by atoms with Gasteiger partial charge in [0, 0.05) is 20.0 Å². The van der Waals surface area contributed by atoms with E-state index in [2.05, 4.69) is 19.7 Å². The van der Waals surface area contributed by atoms with Gasteiger partial charge in [0.1, 0.15) is 23.5 Å². The standard InChI is InChI=1S/C14H15Cl2N5/c1-9(15)14-18-13-10(16)4-3-5-11(13)21(14)7-6-12-19-17-8-20(12)2/h3-5,8-9H,6-7H2,1-2H3. The SMILES string of the molecule is CC(Cl)c1nc2c(Cl)cccc2n1CCc1nncn1C. The Kier molecular flexibility index (Phi) is 3.87. The lowest BCUT2D eigenvalue weighted by Gasteiger charge is -2.10. The quantitative estimate of drug-likeness (QED) is 0.692. The Morgan fingerprint density at radius 3 is 2.81 bits per heavy atom. The summed E-state index contributed by atoms with van der Waals surface area (Å²) in [6.45, 7) is 2.64. The fourth-order valence-electron chi connectivity index (χ4n) is 2.41. The van der Waals surface area contributed by atoms with Crippen LogP contribution in [0.5, 0.6) is 0 Å².